The third-order valence-electron chi connectivity index (χ3n) is 4.69. The molecule has 148 valence electrons. The first-order chi connectivity index (χ1) is 14.2. The van der Waals surface area contributed by atoms with Crippen LogP contribution >= 0.6 is 0 Å². The molecule has 3 aromatic rings. The second-order valence-electron chi connectivity index (χ2n) is 6.68. The lowest BCUT2D eigenvalue weighted by molar-refractivity contribution is 0.102. The van der Waals surface area contributed by atoms with Crippen LogP contribution < -0.4 is 15.0 Å². The molecule has 29 heavy (non-hydrogen) atoms. The Kier molecular flexibility index (Phi) is 5.60. The van der Waals surface area contributed by atoms with Crippen molar-refractivity contribution in [2.75, 3.05) is 29.9 Å². The van der Waals surface area contributed by atoms with E-state index < -0.39 is 0 Å². The topological polar surface area (TPSA) is 93.1 Å². The Morgan fingerprint density at radius 2 is 1.86 bits per heavy atom. The predicted octanol–water partition coefficient (Wildman–Crippen LogP) is 3.18. The van der Waals surface area contributed by atoms with Crippen LogP contribution in [0.2, 0.25) is 0 Å². The molecular weight excluding hydrogens is 368 g/mol. The molecular formula is C21H22N6O2. The zero-order chi connectivity index (χ0) is 20.1. The molecule has 2 aromatic heterocycles. The molecule has 0 bridgehead atoms. The van der Waals surface area contributed by atoms with Gasteiger partial charge in [0.15, 0.2) is 5.82 Å². The molecule has 8 heteroatoms. The normalized spacial score (nSPS) is 13.3. The van der Waals surface area contributed by atoms with Crippen molar-refractivity contribution in [2.45, 2.75) is 19.8 Å². The molecule has 0 aliphatic carbocycles. The van der Waals surface area contributed by atoms with Gasteiger partial charge in [0.25, 0.3) is 5.91 Å². The van der Waals surface area contributed by atoms with E-state index in [0.29, 0.717) is 18.2 Å². The van der Waals surface area contributed by atoms with Gasteiger partial charge in [-0.25, -0.2) is 9.97 Å². The minimum absolute atomic E-state index is 0.246. The molecule has 0 radical (unpaired) electrons. The zero-order valence-corrected chi connectivity index (χ0v) is 16.2. The van der Waals surface area contributed by atoms with E-state index in [4.69, 9.17) is 4.74 Å². The number of nitrogens with zero attached hydrogens (tertiary/aromatic N) is 5. The third-order valence-corrected chi connectivity index (χ3v) is 4.69. The Balaban J connectivity index is 1.42. The number of amides is 1. The van der Waals surface area contributed by atoms with E-state index in [1.165, 1.54) is 25.2 Å². The predicted molar refractivity (Wildman–Crippen MR) is 110 cm³/mol. The van der Waals surface area contributed by atoms with Gasteiger partial charge >= 0.3 is 0 Å². The number of carbonyl (C=O) groups is 1. The van der Waals surface area contributed by atoms with Crippen LogP contribution in [-0.4, -0.2) is 45.8 Å². The second-order valence-corrected chi connectivity index (χ2v) is 6.68. The van der Waals surface area contributed by atoms with Crippen LogP contribution in [0.5, 0.6) is 5.88 Å². The highest BCUT2D eigenvalue weighted by Gasteiger charge is 2.14. The molecule has 1 aliphatic heterocycles. The van der Waals surface area contributed by atoms with E-state index in [9.17, 15) is 4.79 Å². The van der Waals surface area contributed by atoms with Crippen molar-refractivity contribution in [3.05, 3.63) is 54.5 Å². The van der Waals surface area contributed by atoms with Gasteiger partial charge in [-0.1, -0.05) is 12.1 Å². The lowest BCUT2D eigenvalue weighted by Gasteiger charge is -2.15. The number of aromatic nitrogens is 4. The third kappa shape index (κ3) is 4.48. The number of carbonyl (C=O) groups excluding carboxylic acids is 1. The number of rotatable bonds is 6. The lowest BCUT2D eigenvalue weighted by Crippen LogP contribution is -2.19. The molecule has 0 spiro atoms. The highest BCUT2D eigenvalue weighted by molar-refractivity contribution is 6.03. The van der Waals surface area contributed by atoms with Crippen LogP contribution in [0.25, 0.3) is 11.3 Å². The quantitative estimate of drug-likeness (QED) is 0.691. The van der Waals surface area contributed by atoms with Crippen molar-refractivity contribution in [3.8, 4) is 17.1 Å². The summed E-state index contributed by atoms with van der Waals surface area (Å²) >= 11 is 0. The summed E-state index contributed by atoms with van der Waals surface area (Å²) in [6.07, 6.45) is 3.73. The Bertz CT molecular complexity index is 969. The van der Waals surface area contributed by atoms with Gasteiger partial charge in [-0.05, 0) is 44.0 Å². The van der Waals surface area contributed by atoms with Crippen LogP contribution in [0.4, 0.5) is 11.5 Å². The molecule has 1 fully saturated rings. The Morgan fingerprint density at radius 3 is 2.55 bits per heavy atom. The van der Waals surface area contributed by atoms with E-state index in [1.54, 1.807) is 0 Å². The summed E-state index contributed by atoms with van der Waals surface area (Å²) in [5, 5.41) is 11.5. The molecule has 3 heterocycles. The van der Waals surface area contributed by atoms with Crippen LogP contribution in [-0.2, 0) is 0 Å². The summed E-state index contributed by atoms with van der Waals surface area (Å²) < 4.78 is 5.31. The Hall–Kier alpha value is -3.55. The summed E-state index contributed by atoms with van der Waals surface area (Å²) in [6, 6.07) is 13.0. The Morgan fingerprint density at radius 1 is 1.07 bits per heavy atom. The van der Waals surface area contributed by atoms with Crippen molar-refractivity contribution in [2.24, 2.45) is 0 Å². The first-order valence-corrected chi connectivity index (χ1v) is 9.68. The lowest BCUT2D eigenvalue weighted by atomic mass is 10.1. The molecule has 4 rings (SSSR count). The number of hydrogen-bond donors (Lipinski definition) is 1. The van der Waals surface area contributed by atoms with Crippen molar-refractivity contribution in [3.63, 3.8) is 0 Å². The number of benzene rings is 1. The standard InChI is InChI=1S/C21H22N6O2/c1-2-29-20-13-18(22-14-23-20)21(28)24-16-7-5-15(6-8-16)17-9-10-19(26-25-17)27-11-3-4-12-27/h5-10,13-14H,2-4,11-12H2,1H3,(H,24,28). The fourth-order valence-electron chi connectivity index (χ4n) is 3.20. The smallest absolute Gasteiger partial charge is 0.274 e. The molecule has 0 saturated carbocycles. The molecule has 1 aliphatic rings. The van der Waals surface area contributed by atoms with Crippen LogP contribution in [0.3, 0.4) is 0 Å². The fourth-order valence-corrected chi connectivity index (χ4v) is 3.20. The van der Waals surface area contributed by atoms with Crippen LogP contribution in [0.15, 0.2) is 48.8 Å². The van der Waals surface area contributed by atoms with E-state index in [-0.39, 0.29) is 11.6 Å². The van der Waals surface area contributed by atoms with Gasteiger partial charge < -0.3 is 15.0 Å². The van der Waals surface area contributed by atoms with E-state index in [2.05, 4.69) is 30.4 Å². The van der Waals surface area contributed by atoms with Crippen molar-refractivity contribution in [1.82, 2.24) is 20.2 Å². The van der Waals surface area contributed by atoms with Gasteiger partial charge in [0, 0.05) is 30.4 Å². The van der Waals surface area contributed by atoms with Gasteiger partial charge in [-0.15, -0.1) is 10.2 Å². The van der Waals surface area contributed by atoms with E-state index >= 15 is 0 Å². The molecule has 0 atom stereocenters. The summed E-state index contributed by atoms with van der Waals surface area (Å²) in [5.74, 6) is 0.973. The van der Waals surface area contributed by atoms with Gasteiger partial charge in [0.05, 0.1) is 12.3 Å². The highest BCUT2D eigenvalue weighted by atomic mass is 16.5. The molecule has 1 aromatic carbocycles. The molecule has 8 nitrogen and oxygen atoms in total. The summed E-state index contributed by atoms with van der Waals surface area (Å²) in [7, 11) is 0. The summed E-state index contributed by atoms with van der Waals surface area (Å²) in [5.41, 5.74) is 2.64. The molecule has 1 amide bonds. The number of ether oxygens (including phenoxy) is 1. The highest BCUT2D eigenvalue weighted by Crippen LogP contribution is 2.22. The second kappa shape index (κ2) is 8.64. The van der Waals surface area contributed by atoms with Crippen LogP contribution in [0.1, 0.15) is 30.3 Å². The van der Waals surface area contributed by atoms with Crippen molar-refractivity contribution in [1.29, 1.82) is 0 Å². The average molecular weight is 390 g/mol. The zero-order valence-electron chi connectivity index (χ0n) is 16.2. The van der Waals surface area contributed by atoms with E-state index in [0.717, 1.165) is 30.2 Å². The minimum Gasteiger partial charge on any atom is -0.478 e. The van der Waals surface area contributed by atoms with Gasteiger partial charge in [-0.2, -0.15) is 0 Å². The van der Waals surface area contributed by atoms with Gasteiger partial charge in [0.2, 0.25) is 5.88 Å². The minimum atomic E-state index is -0.323. The summed E-state index contributed by atoms with van der Waals surface area (Å²) in [6.45, 7) is 4.41. The van der Waals surface area contributed by atoms with Crippen molar-refractivity contribution < 1.29 is 9.53 Å². The molecule has 1 N–H and O–H groups in total. The summed E-state index contributed by atoms with van der Waals surface area (Å²) in [4.78, 5) is 22.6. The maximum atomic E-state index is 12.4. The number of hydrogen-bond acceptors (Lipinski definition) is 7. The average Bonchev–Trinajstić information content (AvgIpc) is 3.30. The first kappa shape index (κ1) is 18.8. The fraction of sp³-hybridized carbons (Fsp3) is 0.286. The first-order valence-electron chi connectivity index (χ1n) is 9.68. The van der Waals surface area contributed by atoms with Gasteiger partial charge in [-0.3, -0.25) is 4.79 Å². The van der Waals surface area contributed by atoms with Gasteiger partial charge in [0.1, 0.15) is 12.0 Å². The van der Waals surface area contributed by atoms with E-state index in [1.807, 2.05) is 43.3 Å². The number of nitrogens with one attached hydrogen (secondary N) is 1. The molecule has 0 unspecified atom stereocenters. The number of anilines is 2. The molecule has 1 saturated heterocycles. The monoisotopic (exact) mass is 390 g/mol. The maximum Gasteiger partial charge on any atom is 0.274 e. The largest absolute Gasteiger partial charge is 0.478 e. The van der Waals surface area contributed by atoms with Crippen molar-refractivity contribution >= 4 is 17.4 Å². The Labute approximate surface area is 169 Å². The maximum absolute atomic E-state index is 12.4. The SMILES string of the molecule is CCOc1cc(C(=O)Nc2ccc(-c3ccc(N4CCCC4)nn3)cc2)ncn1. The van der Waals surface area contributed by atoms with Crippen LogP contribution in [0, 0.1) is 0 Å².